The number of ether oxygens (including phenoxy) is 2. The van der Waals surface area contributed by atoms with E-state index in [0.717, 1.165) is 52.4 Å². The standard InChI is InChI=1S/C10H24N2O2/c1-3-7-13-9-5-11-12-6-10-14-8-4-2/h11-12H,3-10H2,1-2H3. The Bertz CT molecular complexity index is 90.1. The first-order valence-electron chi connectivity index (χ1n) is 5.53. The molecular formula is C10H24N2O2. The van der Waals surface area contributed by atoms with Crippen LogP contribution >= 0.6 is 0 Å². The molecule has 0 saturated carbocycles. The number of hydrazine groups is 1. The fourth-order valence-corrected chi connectivity index (χ4v) is 0.916. The van der Waals surface area contributed by atoms with Crippen molar-refractivity contribution in [2.45, 2.75) is 26.7 Å². The van der Waals surface area contributed by atoms with Gasteiger partial charge >= 0.3 is 0 Å². The highest BCUT2D eigenvalue weighted by Gasteiger charge is 1.88. The zero-order valence-electron chi connectivity index (χ0n) is 9.47. The molecule has 0 bridgehead atoms. The monoisotopic (exact) mass is 204 g/mol. The predicted octanol–water partition coefficient (Wildman–Crippen LogP) is 0.934. The van der Waals surface area contributed by atoms with Crippen LogP contribution in [0.5, 0.6) is 0 Å². The second kappa shape index (κ2) is 12.8. The molecule has 0 aliphatic carbocycles. The van der Waals surface area contributed by atoms with Crippen LogP contribution in [0.25, 0.3) is 0 Å². The molecule has 2 N–H and O–H groups in total. The molecule has 0 rings (SSSR count). The highest BCUT2D eigenvalue weighted by Crippen LogP contribution is 1.78. The lowest BCUT2D eigenvalue weighted by atomic mass is 10.5. The van der Waals surface area contributed by atoms with Crippen LogP contribution in [0.1, 0.15) is 26.7 Å². The third-order valence-corrected chi connectivity index (χ3v) is 1.56. The molecule has 0 amide bonds. The zero-order chi connectivity index (χ0) is 10.5. The van der Waals surface area contributed by atoms with E-state index in [2.05, 4.69) is 24.7 Å². The second-order valence-corrected chi connectivity index (χ2v) is 3.08. The predicted molar refractivity (Wildman–Crippen MR) is 58.2 cm³/mol. The Morgan fingerprint density at radius 2 is 1.14 bits per heavy atom. The van der Waals surface area contributed by atoms with Crippen LogP contribution in [0.2, 0.25) is 0 Å². The van der Waals surface area contributed by atoms with Crippen molar-refractivity contribution in [1.29, 1.82) is 0 Å². The van der Waals surface area contributed by atoms with Crippen molar-refractivity contribution < 1.29 is 9.47 Å². The van der Waals surface area contributed by atoms with Crippen LogP contribution in [0, 0.1) is 0 Å². The molecule has 86 valence electrons. The van der Waals surface area contributed by atoms with Gasteiger partial charge in [-0.3, -0.25) is 10.9 Å². The van der Waals surface area contributed by atoms with E-state index in [9.17, 15) is 0 Å². The third-order valence-electron chi connectivity index (χ3n) is 1.56. The molecule has 0 saturated heterocycles. The van der Waals surface area contributed by atoms with E-state index in [0.29, 0.717) is 0 Å². The van der Waals surface area contributed by atoms with Gasteiger partial charge in [-0.15, -0.1) is 0 Å². The van der Waals surface area contributed by atoms with E-state index in [4.69, 9.17) is 9.47 Å². The summed E-state index contributed by atoms with van der Waals surface area (Å²) in [6.07, 6.45) is 2.16. The van der Waals surface area contributed by atoms with Gasteiger partial charge in [0, 0.05) is 26.3 Å². The highest BCUT2D eigenvalue weighted by molar-refractivity contribution is 4.41. The molecule has 0 spiro atoms. The summed E-state index contributed by atoms with van der Waals surface area (Å²) < 4.78 is 10.6. The molecular weight excluding hydrogens is 180 g/mol. The molecule has 0 unspecified atom stereocenters. The zero-order valence-corrected chi connectivity index (χ0v) is 9.47. The Morgan fingerprint density at radius 1 is 0.714 bits per heavy atom. The van der Waals surface area contributed by atoms with Crippen molar-refractivity contribution >= 4 is 0 Å². The number of nitrogens with one attached hydrogen (secondary N) is 2. The van der Waals surface area contributed by atoms with Gasteiger partial charge in [-0.05, 0) is 12.8 Å². The first-order valence-corrected chi connectivity index (χ1v) is 5.53. The lowest BCUT2D eigenvalue weighted by molar-refractivity contribution is 0.123. The van der Waals surface area contributed by atoms with Crippen LogP contribution in [-0.2, 0) is 9.47 Å². The Balaban J connectivity index is 2.78. The van der Waals surface area contributed by atoms with Gasteiger partial charge in [-0.1, -0.05) is 13.8 Å². The van der Waals surface area contributed by atoms with Gasteiger partial charge < -0.3 is 9.47 Å². The number of hydrogen-bond acceptors (Lipinski definition) is 4. The Morgan fingerprint density at radius 3 is 1.50 bits per heavy atom. The quantitative estimate of drug-likeness (QED) is 0.388. The fraction of sp³-hybridized carbons (Fsp3) is 1.00. The molecule has 4 nitrogen and oxygen atoms in total. The summed E-state index contributed by atoms with van der Waals surface area (Å²) in [5.41, 5.74) is 6.13. The largest absolute Gasteiger partial charge is 0.380 e. The van der Waals surface area contributed by atoms with E-state index < -0.39 is 0 Å². The summed E-state index contributed by atoms with van der Waals surface area (Å²) in [7, 11) is 0. The minimum Gasteiger partial charge on any atom is -0.380 e. The van der Waals surface area contributed by atoms with Crippen LogP contribution in [0.4, 0.5) is 0 Å². The SMILES string of the molecule is CCCOCCNNCCOCCC. The Hall–Kier alpha value is -0.160. The van der Waals surface area contributed by atoms with Gasteiger partial charge in [0.05, 0.1) is 13.2 Å². The van der Waals surface area contributed by atoms with Crippen LogP contribution < -0.4 is 10.9 Å². The number of rotatable bonds is 11. The van der Waals surface area contributed by atoms with Crippen molar-refractivity contribution in [2.75, 3.05) is 39.5 Å². The van der Waals surface area contributed by atoms with Crippen LogP contribution in [-0.4, -0.2) is 39.5 Å². The van der Waals surface area contributed by atoms with Crippen molar-refractivity contribution in [3.8, 4) is 0 Å². The topological polar surface area (TPSA) is 42.5 Å². The average Bonchev–Trinajstić information content (AvgIpc) is 2.21. The van der Waals surface area contributed by atoms with E-state index >= 15 is 0 Å². The smallest absolute Gasteiger partial charge is 0.0604 e. The van der Waals surface area contributed by atoms with Crippen molar-refractivity contribution in [2.24, 2.45) is 0 Å². The minimum absolute atomic E-state index is 0.761. The maximum absolute atomic E-state index is 5.29. The van der Waals surface area contributed by atoms with E-state index in [1.54, 1.807) is 0 Å². The summed E-state index contributed by atoms with van der Waals surface area (Å²) in [5.74, 6) is 0. The molecule has 0 aliphatic heterocycles. The molecule has 0 aromatic carbocycles. The average molecular weight is 204 g/mol. The van der Waals surface area contributed by atoms with Gasteiger partial charge in [0.25, 0.3) is 0 Å². The molecule has 14 heavy (non-hydrogen) atoms. The summed E-state index contributed by atoms with van der Waals surface area (Å²) in [5, 5.41) is 0. The fourth-order valence-electron chi connectivity index (χ4n) is 0.916. The molecule has 0 aromatic rings. The van der Waals surface area contributed by atoms with Crippen molar-refractivity contribution in [1.82, 2.24) is 10.9 Å². The summed E-state index contributed by atoms with van der Waals surface area (Å²) >= 11 is 0. The van der Waals surface area contributed by atoms with Crippen LogP contribution in [0.15, 0.2) is 0 Å². The van der Waals surface area contributed by atoms with E-state index in [1.807, 2.05) is 0 Å². The summed E-state index contributed by atoms with van der Waals surface area (Å²) in [6.45, 7) is 9.12. The van der Waals surface area contributed by atoms with Crippen LogP contribution in [0.3, 0.4) is 0 Å². The van der Waals surface area contributed by atoms with Gasteiger partial charge in [0.2, 0.25) is 0 Å². The van der Waals surface area contributed by atoms with Gasteiger partial charge in [-0.25, -0.2) is 0 Å². The van der Waals surface area contributed by atoms with Gasteiger partial charge in [0.1, 0.15) is 0 Å². The molecule has 0 atom stereocenters. The van der Waals surface area contributed by atoms with Crippen molar-refractivity contribution in [3.05, 3.63) is 0 Å². The maximum Gasteiger partial charge on any atom is 0.0604 e. The Labute approximate surface area is 87.3 Å². The molecule has 0 fully saturated rings. The lowest BCUT2D eigenvalue weighted by Gasteiger charge is -2.07. The normalized spacial score (nSPS) is 10.7. The lowest BCUT2D eigenvalue weighted by Crippen LogP contribution is -2.36. The molecule has 4 heteroatoms. The summed E-state index contributed by atoms with van der Waals surface area (Å²) in [6, 6.07) is 0. The maximum atomic E-state index is 5.29. The summed E-state index contributed by atoms with van der Waals surface area (Å²) in [4.78, 5) is 0. The second-order valence-electron chi connectivity index (χ2n) is 3.08. The highest BCUT2D eigenvalue weighted by atomic mass is 16.5. The minimum atomic E-state index is 0.761. The van der Waals surface area contributed by atoms with E-state index in [1.165, 1.54) is 0 Å². The molecule has 0 aromatic heterocycles. The van der Waals surface area contributed by atoms with E-state index in [-0.39, 0.29) is 0 Å². The Kier molecular flexibility index (Phi) is 12.7. The first-order chi connectivity index (χ1) is 6.91. The molecule has 0 aliphatic rings. The first kappa shape index (κ1) is 13.8. The van der Waals surface area contributed by atoms with Gasteiger partial charge in [-0.2, -0.15) is 0 Å². The number of hydrogen-bond donors (Lipinski definition) is 2. The third kappa shape index (κ3) is 11.8. The van der Waals surface area contributed by atoms with Crippen molar-refractivity contribution in [3.63, 3.8) is 0 Å². The molecule has 0 radical (unpaired) electrons. The van der Waals surface area contributed by atoms with Gasteiger partial charge in [0.15, 0.2) is 0 Å². The molecule has 0 heterocycles.